The van der Waals surface area contributed by atoms with Crippen molar-refractivity contribution in [1.82, 2.24) is 0 Å². The highest BCUT2D eigenvalue weighted by atomic mass is 16.5. The molecule has 0 saturated carbocycles. The first kappa shape index (κ1) is 21.9. The summed E-state index contributed by atoms with van der Waals surface area (Å²) in [6.45, 7) is 9.06. The Morgan fingerprint density at radius 2 is 1.72 bits per heavy atom. The number of esters is 1. The molecule has 0 aliphatic heterocycles. The van der Waals surface area contributed by atoms with Crippen molar-refractivity contribution in [3.8, 4) is 5.75 Å². The quantitative estimate of drug-likeness (QED) is 0.212. The SMILES string of the molecule is CC(=Cc1ccc(C(=O)Oc2ccc(N)cc2)cc1)c1cc2c(cc1C)CCCC2(C)C. The molecule has 0 spiro atoms. The van der Waals surface area contributed by atoms with E-state index in [1.807, 2.05) is 24.3 Å². The van der Waals surface area contributed by atoms with Crippen LogP contribution in [0.15, 0.2) is 60.7 Å². The summed E-state index contributed by atoms with van der Waals surface area (Å²) in [6.07, 6.45) is 5.86. The Morgan fingerprint density at radius 3 is 2.41 bits per heavy atom. The minimum Gasteiger partial charge on any atom is -0.423 e. The van der Waals surface area contributed by atoms with Gasteiger partial charge in [0.2, 0.25) is 0 Å². The molecule has 0 fully saturated rings. The molecule has 0 saturated heterocycles. The maximum atomic E-state index is 12.4. The lowest BCUT2D eigenvalue weighted by atomic mass is 9.71. The van der Waals surface area contributed by atoms with Gasteiger partial charge < -0.3 is 10.5 Å². The molecule has 0 aromatic heterocycles. The number of anilines is 1. The van der Waals surface area contributed by atoms with Crippen molar-refractivity contribution in [3.63, 3.8) is 0 Å². The summed E-state index contributed by atoms with van der Waals surface area (Å²) >= 11 is 0. The fourth-order valence-corrected chi connectivity index (χ4v) is 4.63. The number of rotatable bonds is 4. The van der Waals surface area contributed by atoms with Gasteiger partial charge in [0.15, 0.2) is 0 Å². The Labute approximate surface area is 190 Å². The smallest absolute Gasteiger partial charge is 0.343 e. The molecule has 3 heteroatoms. The summed E-state index contributed by atoms with van der Waals surface area (Å²) < 4.78 is 5.42. The van der Waals surface area contributed by atoms with Crippen LogP contribution in [0.25, 0.3) is 11.6 Å². The van der Waals surface area contributed by atoms with E-state index in [1.54, 1.807) is 24.3 Å². The zero-order valence-electron chi connectivity index (χ0n) is 19.4. The van der Waals surface area contributed by atoms with Crippen molar-refractivity contribution in [1.29, 1.82) is 0 Å². The van der Waals surface area contributed by atoms with Crippen LogP contribution in [0.1, 0.15) is 71.8 Å². The Morgan fingerprint density at radius 1 is 1.03 bits per heavy atom. The van der Waals surface area contributed by atoms with Crippen LogP contribution in [0.3, 0.4) is 0 Å². The Kier molecular flexibility index (Phi) is 5.92. The lowest BCUT2D eigenvalue weighted by Gasteiger charge is -2.33. The first-order chi connectivity index (χ1) is 15.2. The normalized spacial score (nSPS) is 15.2. The van der Waals surface area contributed by atoms with E-state index in [2.05, 4.69) is 45.9 Å². The molecular formula is C29H31NO2. The van der Waals surface area contributed by atoms with E-state index in [1.165, 1.54) is 47.1 Å². The molecule has 1 aliphatic rings. The topological polar surface area (TPSA) is 52.3 Å². The minimum absolute atomic E-state index is 0.225. The van der Waals surface area contributed by atoms with Crippen LogP contribution >= 0.6 is 0 Å². The summed E-state index contributed by atoms with van der Waals surface area (Å²) in [5.74, 6) is 0.101. The standard InChI is InChI=1S/C29H31NO2/c1-19(26-18-27-23(17-20(26)2)6-5-15-29(27,3)4)16-21-7-9-22(10-8-21)28(31)32-25-13-11-24(30)12-14-25/h7-14,16-18H,5-6,15,30H2,1-4H3. The number of allylic oxidation sites excluding steroid dienone is 1. The third-order valence-electron chi connectivity index (χ3n) is 6.47. The number of nitrogen functional groups attached to an aromatic ring is 1. The fraction of sp³-hybridized carbons (Fsp3) is 0.276. The monoisotopic (exact) mass is 425 g/mol. The lowest BCUT2D eigenvalue weighted by Crippen LogP contribution is -2.24. The van der Waals surface area contributed by atoms with Crippen LogP contribution in [0.2, 0.25) is 0 Å². The van der Waals surface area contributed by atoms with E-state index in [4.69, 9.17) is 10.5 Å². The second-order valence-electron chi connectivity index (χ2n) is 9.47. The van der Waals surface area contributed by atoms with Crippen molar-refractivity contribution in [2.45, 2.75) is 52.4 Å². The number of hydrogen-bond donors (Lipinski definition) is 1. The minimum atomic E-state index is -0.380. The Balaban J connectivity index is 1.54. The Hall–Kier alpha value is -3.33. The molecule has 1 aliphatic carbocycles. The van der Waals surface area contributed by atoms with Crippen LogP contribution in [-0.2, 0) is 11.8 Å². The molecule has 2 N–H and O–H groups in total. The second-order valence-corrected chi connectivity index (χ2v) is 9.47. The fourth-order valence-electron chi connectivity index (χ4n) is 4.63. The number of nitrogens with two attached hydrogens (primary N) is 1. The first-order valence-electron chi connectivity index (χ1n) is 11.2. The molecule has 3 aromatic carbocycles. The average molecular weight is 426 g/mol. The van der Waals surface area contributed by atoms with Gasteiger partial charge in [-0.1, -0.05) is 44.2 Å². The van der Waals surface area contributed by atoms with E-state index < -0.39 is 0 Å². The highest BCUT2D eigenvalue weighted by Gasteiger charge is 2.28. The molecule has 164 valence electrons. The molecule has 0 bridgehead atoms. The van der Waals surface area contributed by atoms with Gasteiger partial charge in [-0.3, -0.25) is 0 Å². The lowest BCUT2D eigenvalue weighted by molar-refractivity contribution is 0.0735. The van der Waals surface area contributed by atoms with Gasteiger partial charge in [-0.2, -0.15) is 0 Å². The Bertz CT molecular complexity index is 1170. The van der Waals surface area contributed by atoms with E-state index in [-0.39, 0.29) is 11.4 Å². The van der Waals surface area contributed by atoms with Gasteiger partial charge in [0.25, 0.3) is 0 Å². The number of fused-ring (bicyclic) bond motifs is 1. The summed E-state index contributed by atoms with van der Waals surface area (Å²) in [6, 6.07) is 19.1. The number of carbonyl (C=O) groups is 1. The second kappa shape index (κ2) is 8.66. The van der Waals surface area contributed by atoms with Crippen molar-refractivity contribution in [2.75, 3.05) is 5.73 Å². The molecule has 0 atom stereocenters. The highest BCUT2D eigenvalue weighted by Crippen LogP contribution is 2.39. The molecule has 0 radical (unpaired) electrons. The van der Waals surface area contributed by atoms with Crippen LogP contribution in [0.4, 0.5) is 5.69 Å². The van der Waals surface area contributed by atoms with E-state index in [0.717, 1.165) is 5.56 Å². The summed E-state index contributed by atoms with van der Waals surface area (Å²) in [4.78, 5) is 12.4. The maximum Gasteiger partial charge on any atom is 0.343 e. The van der Waals surface area contributed by atoms with E-state index >= 15 is 0 Å². The molecule has 3 nitrogen and oxygen atoms in total. The third kappa shape index (κ3) is 4.62. The van der Waals surface area contributed by atoms with Gasteiger partial charge in [0.1, 0.15) is 5.75 Å². The largest absolute Gasteiger partial charge is 0.423 e. The van der Waals surface area contributed by atoms with Crippen LogP contribution < -0.4 is 10.5 Å². The van der Waals surface area contributed by atoms with Gasteiger partial charge in [0, 0.05) is 5.69 Å². The third-order valence-corrected chi connectivity index (χ3v) is 6.47. The van der Waals surface area contributed by atoms with E-state index in [9.17, 15) is 4.79 Å². The van der Waals surface area contributed by atoms with Crippen LogP contribution in [0.5, 0.6) is 5.75 Å². The molecule has 3 aromatic rings. The number of hydrogen-bond acceptors (Lipinski definition) is 3. The molecule has 0 unspecified atom stereocenters. The average Bonchev–Trinajstić information content (AvgIpc) is 2.75. The van der Waals surface area contributed by atoms with Gasteiger partial charge in [-0.15, -0.1) is 0 Å². The highest BCUT2D eigenvalue weighted by molar-refractivity contribution is 5.91. The molecular weight excluding hydrogens is 394 g/mol. The van der Waals surface area contributed by atoms with Gasteiger partial charge in [-0.25, -0.2) is 4.79 Å². The van der Waals surface area contributed by atoms with Crippen molar-refractivity contribution in [2.24, 2.45) is 0 Å². The summed E-state index contributed by atoms with van der Waals surface area (Å²) in [7, 11) is 0. The molecule has 32 heavy (non-hydrogen) atoms. The predicted octanol–water partition coefficient (Wildman–Crippen LogP) is 6.97. The van der Waals surface area contributed by atoms with Crippen LogP contribution in [-0.4, -0.2) is 5.97 Å². The molecule has 4 rings (SSSR count). The zero-order valence-corrected chi connectivity index (χ0v) is 19.4. The summed E-state index contributed by atoms with van der Waals surface area (Å²) in [5.41, 5.74) is 14.9. The summed E-state index contributed by atoms with van der Waals surface area (Å²) in [5, 5.41) is 0. The van der Waals surface area contributed by atoms with Crippen LogP contribution in [0, 0.1) is 6.92 Å². The maximum absolute atomic E-state index is 12.4. The number of aryl methyl sites for hydroxylation is 2. The number of carbonyl (C=O) groups excluding carboxylic acids is 1. The van der Waals surface area contributed by atoms with Gasteiger partial charge in [0.05, 0.1) is 5.56 Å². The van der Waals surface area contributed by atoms with Crippen molar-refractivity contribution in [3.05, 3.63) is 94.0 Å². The van der Waals surface area contributed by atoms with Gasteiger partial charge in [-0.05, 0) is 108 Å². The molecule has 0 amide bonds. The zero-order chi connectivity index (χ0) is 22.9. The van der Waals surface area contributed by atoms with Crippen molar-refractivity contribution < 1.29 is 9.53 Å². The molecule has 0 heterocycles. The number of benzene rings is 3. The van der Waals surface area contributed by atoms with Gasteiger partial charge >= 0.3 is 5.97 Å². The first-order valence-corrected chi connectivity index (χ1v) is 11.2. The number of ether oxygens (including phenoxy) is 1. The predicted molar refractivity (Wildman–Crippen MR) is 133 cm³/mol. The van der Waals surface area contributed by atoms with E-state index in [0.29, 0.717) is 17.0 Å². The van der Waals surface area contributed by atoms with Crippen molar-refractivity contribution >= 4 is 23.3 Å².